The van der Waals surface area contributed by atoms with Gasteiger partial charge in [-0.25, -0.2) is 9.59 Å². The highest BCUT2D eigenvalue weighted by atomic mass is 16.6. The number of pyridine rings is 1. The summed E-state index contributed by atoms with van der Waals surface area (Å²) < 4.78 is 10.6. The summed E-state index contributed by atoms with van der Waals surface area (Å²) >= 11 is 0. The number of methoxy groups -OCH3 is 1. The Morgan fingerprint density at radius 1 is 1.11 bits per heavy atom. The van der Waals surface area contributed by atoms with E-state index >= 15 is 0 Å². The summed E-state index contributed by atoms with van der Waals surface area (Å²) in [5.74, 6) is -0.0161. The second-order valence-corrected chi connectivity index (χ2v) is 11.1. The van der Waals surface area contributed by atoms with Gasteiger partial charge in [-0.3, -0.25) is 9.88 Å². The van der Waals surface area contributed by atoms with Crippen LogP contribution in [0.5, 0.6) is 0 Å². The molecule has 2 aliphatic rings. The van der Waals surface area contributed by atoms with Gasteiger partial charge in [0.25, 0.3) is 0 Å². The molecule has 7 heteroatoms. The van der Waals surface area contributed by atoms with E-state index in [0.717, 1.165) is 38.0 Å². The van der Waals surface area contributed by atoms with Gasteiger partial charge >= 0.3 is 12.1 Å². The summed E-state index contributed by atoms with van der Waals surface area (Å²) in [6.45, 7) is 10.4. The number of ether oxygens (including phenoxy) is 2. The van der Waals surface area contributed by atoms with E-state index in [2.05, 4.69) is 35.0 Å². The fourth-order valence-electron chi connectivity index (χ4n) is 5.11. The minimum Gasteiger partial charge on any atom is -0.465 e. The van der Waals surface area contributed by atoms with Gasteiger partial charge in [-0.15, -0.1) is 0 Å². The number of benzene rings is 1. The van der Waals surface area contributed by atoms with E-state index in [0.29, 0.717) is 18.0 Å². The molecule has 0 radical (unpaired) electrons. The summed E-state index contributed by atoms with van der Waals surface area (Å²) in [6, 6.07) is 14.3. The summed E-state index contributed by atoms with van der Waals surface area (Å²) in [5, 5.41) is 0. The Hall–Kier alpha value is -3.19. The summed E-state index contributed by atoms with van der Waals surface area (Å²) in [6.07, 6.45) is 6.36. The standard InChI is InChI=1S/C30H39N3O4/c1-21(17-22-9-7-6-8-10-22)26-18-27(26)33(29(35)37-30(2,3)4)25-13-15-32(16-14-25)20-24-12-11-23(19-31-24)28(34)36-5/h6-12,17,19,25-27H,13-16,18,20H2,1-5H3/t26?,27-/m0/s1. The Morgan fingerprint density at radius 3 is 2.41 bits per heavy atom. The lowest BCUT2D eigenvalue weighted by molar-refractivity contribution is 0.00437. The largest absolute Gasteiger partial charge is 0.465 e. The number of amides is 1. The van der Waals surface area contributed by atoms with Crippen LogP contribution in [0.2, 0.25) is 0 Å². The minimum atomic E-state index is -0.530. The quantitative estimate of drug-likeness (QED) is 0.459. The number of hydrogen-bond donors (Lipinski definition) is 0. The van der Waals surface area contributed by atoms with Gasteiger partial charge in [0, 0.05) is 43.8 Å². The predicted molar refractivity (Wildman–Crippen MR) is 144 cm³/mol. The zero-order valence-corrected chi connectivity index (χ0v) is 22.6. The topological polar surface area (TPSA) is 72.0 Å². The van der Waals surface area contributed by atoms with Crippen molar-refractivity contribution in [2.75, 3.05) is 20.2 Å². The fraction of sp³-hybridized carbons (Fsp3) is 0.500. The molecule has 4 rings (SSSR count). The van der Waals surface area contributed by atoms with E-state index in [1.54, 1.807) is 12.3 Å². The first-order valence-corrected chi connectivity index (χ1v) is 13.1. The van der Waals surface area contributed by atoms with E-state index in [1.807, 2.05) is 49.9 Å². The van der Waals surface area contributed by atoms with Crippen LogP contribution in [-0.4, -0.2) is 64.7 Å². The van der Waals surface area contributed by atoms with Crippen molar-refractivity contribution in [3.05, 3.63) is 71.1 Å². The molecule has 2 fully saturated rings. The zero-order chi connectivity index (χ0) is 26.6. The number of piperidine rings is 1. The van der Waals surface area contributed by atoms with Crippen LogP contribution in [0.4, 0.5) is 4.79 Å². The number of nitrogens with zero attached hydrogens (tertiary/aromatic N) is 3. The van der Waals surface area contributed by atoms with Gasteiger partial charge in [-0.1, -0.05) is 42.0 Å². The van der Waals surface area contributed by atoms with Crippen molar-refractivity contribution in [3.8, 4) is 0 Å². The highest BCUT2D eigenvalue weighted by Crippen LogP contribution is 2.44. The number of aromatic nitrogens is 1. The van der Waals surface area contributed by atoms with Gasteiger partial charge in [0.05, 0.1) is 18.4 Å². The summed E-state index contributed by atoms with van der Waals surface area (Å²) in [4.78, 5) is 33.9. The Bertz CT molecular complexity index is 1100. The molecule has 0 bridgehead atoms. The molecular formula is C30H39N3O4. The lowest BCUT2D eigenvalue weighted by atomic mass is 10.0. The molecule has 2 aromatic rings. The molecule has 2 heterocycles. The Kier molecular flexibility index (Phi) is 8.32. The highest BCUT2D eigenvalue weighted by Gasteiger charge is 2.48. The third-order valence-electron chi connectivity index (χ3n) is 7.08. The van der Waals surface area contributed by atoms with Crippen molar-refractivity contribution in [1.82, 2.24) is 14.8 Å². The average molecular weight is 506 g/mol. The third-order valence-corrected chi connectivity index (χ3v) is 7.08. The normalized spacial score (nSPS) is 20.8. The molecule has 7 nitrogen and oxygen atoms in total. The second-order valence-electron chi connectivity index (χ2n) is 11.1. The van der Waals surface area contributed by atoms with Crippen LogP contribution in [0.1, 0.15) is 68.6 Å². The molecule has 1 saturated heterocycles. The second kappa shape index (κ2) is 11.5. The number of carbonyl (C=O) groups is 2. The molecule has 0 spiro atoms. The average Bonchev–Trinajstić information content (AvgIpc) is 3.65. The molecular weight excluding hydrogens is 466 g/mol. The molecule has 1 aliphatic heterocycles. The minimum absolute atomic E-state index is 0.153. The number of rotatable bonds is 7. The monoisotopic (exact) mass is 505 g/mol. The van der Waals surface area contributed by atoms with E-state index in [-0.39, 0.29) is 24.1 Å². The van der Waals surface area contributed by atoms with Gasteiger partial charge in [-0.05, 0) is 64.7 Å². The summed E-state index contributed by atoms with van der Waals surface area (Å²) in [7, 11) is 1.37. The zero-order valence-electron chi connectivity index (χ0n) is 22.6. The maximum Gasteiger partial charge on any atom is 0.410 e. The maximum atomic E-state index is 13.4. The first-order chi connectivity index (χ1) is 17.6. The highest BCUT2D eigenvalue weighted by molar-refractivity contribution is 5.88. The van der Waals surface area contributed by atoms with Crippen molar-refractivity contribution in [2.45, 2.75) is 71.2 Å². The van der Waals surface area contributed by atoms with Crippen LogP contribution in [-0.2, 0) is 16.0 Å². The third kappa shape index (κ3) is 7.19. The van der Waals surface area contributed by atoms with Gasteiger partial charge in [0.2, 0.25) is 0 Å². The molecule has 1 unspecified atom stereocenters. The Morgan fingerprint density at radius 2 is 1.81 bits per heavy atom. The van der Waals surface area contributed by atoms with Gasteiger partial charge in [-0.2, -0.15) is 0 Å². The van der Waals surface area contributed by atoms with Crippen LogP contribution < -0.4 is 0 Å². The van der Waals surface area contributed by atoms with Crippen molar-refractivity contribution in [2.24, 2.45) is 5.92 Å². The number of likely N-dealkylation sites (tertiary alicyclic amines) is 1. The van der Waals surface area contributed by atoms with Crippen molar-refractivity contribution < 1.29 is 19.1 Å². The molecule has 1 saturated carbocycles. The van der Waals surface area contributed by atoms with Crippen molar-refractivity contribution in [1.29, 1.82) is 0 Å². The van der Waals surface area contributed by atoms with Gasteiger partial charge in [0.15, 0.2) is 0 Å². The first-order valence-electron chi connectivity index (χ1n) is 13.1. The molecule has 37 heavy (non-hydrogen) atoms. The predicted octanol–water partition coefficient (Wildman–Crippen LogP) is 5.56. The van der Waals surface area contributed by atoms with Crippen LogP contribution >= 0.6 is 0 Å². The Balaban J connectivity index is 1.40. The number of carbonyl (C=O) groups excluding carboxylic acids is 2. The smallest absolute Gasteiger partial charge is 0.410 e. The van der Waals surface area contributed by atoms with E-state index in [9.17, 15) is 9.59 Å². The van der Waals surface area contributed by atoms with E-state index in [4.69, 9.17) is 9.47 Å². The lowest BCUT2D eigenvalue weighted by Gasteiger charge is -2.39. The molecule has 1 aliphatic carbocycles. The molecule has 2 atom stereocenters. The van der Waals surface area contributed by atoms with E-state index in [1.165, 1.54) is 18.2 Å². The number of esters is 1. The lowest BCUT2D eigenvalue weighted by Crippen LogP contribution is -2.50. The number of hydrogen-bond acceptors (Lipinski definition) is 6. The first kappa shape index (κ1) is 26.9. The van der Waals surface area contributed by atoms with Gasteiger partial charge in [0.1, 0.15) is 5.60 Å². The molecule has 198 valence electrons. The van der Waals surface area contributed by atoms with Crippen LogP contribution in [0.25, 0.3) is 6.08 Å². The Labute approximate surface area is 220 Å². The van der Waals surface area contributed by atoms with Crippen molar-refractivity contribution >= 4 is 18.1 Å². The van der Waals surface area contributed by atoms with Crippen LogP contribution in [0, 0.1) is 5.92 Å². The van der Waals surface area contributed by atoms with E-state index < -0.39 is 5.60 Å². The SMILES string of the molecule is COC(=O)c1ccc(CN2CCC(N(C(=O)OC(C)(C)C)[C@H]3CC3C(C)=Cc3ccccc3)CC2)nc1. The molecule has 1 aromatic heterocycles. The van der Waals surface area contributed by atoms with Crippen molar-refractivity contribution in [3.63, 3.8) is 0 Å². The maximum absolute atomic E-state index is 13.4. The molecule has 1 amide bonds. The van der Waals surface area contributed by atoms with Crippen LogP contribution in [0.15, 0.2) is 54.2 Å². The summed E-state index contributed by atoms with van der Waals surface area (Å²) in [5.41, 5.74) is 3.34. The molecule has 1 aromatic carbocycles. The fourth-order valence-corrected chi connectivity index (χ4v) is 5.11. The van der Waals surface area contributed by atoms with Crippen LogP contribution in [0.3, 0.4) is 0 Å². The van der Waals surface area contributed by atoms with Gasteiger partial charge < -0.3 is 14.4 Å². The molecule has 0 N–H and O–H groups in total.